The van der Waals surface area contributed by atoms with Gasteiger partial charge in [0.05, 0.1) is 12.2 Å². The maximum atomic E-state index is 14.2. The molecular formula is C32H45N7O6. The molecule has 4 rings (SSSR count). The highest BCUT2D eigenvalue weighted by atomic mass is 16.2. The van der Waals surface area contributed by atoms with Gasteiger partial charge in [-0.05, 0) is 43.4 Å². The summed E-state index contributed by atoms with van der Waals surface area (Å²) in [6, 6.07) is -3.83. The van der Waals surface area contributed by atoms with Gasteiger partial charge in [0, 0.05) is 30.9 Å². The first kappa shape index (κ1) is 33.7. The van der Waals surface area contributed by atoms with Gasteiger partial charge in [0.2, 0.25) is 23.5 Å². The molecule has 1 unspecified atom stereocenters. The van der Waals surface area contributed by atoms with Gasteiger partial charge in [-0.1, -0.05) is 53.2 Å². The molecule has 2 fully saturated rings. The first-order valence-electron chi connectivity index (χ1n) is 15.9. The van der Waals surface area contributed by atoms with Crippen molar-refractivity contribution >= 4 is 35.3 Å². The van der Waals surface area contributed by atoms with Crippen LogP contribution in [0.15, 0.2) is 30.7 Å². The maximum absolute atomic E-state index is 14.2. The lowest BCUT2D eigenvalue weighted by Crippen LogP contribution is -2.60. The summed E-state index contributed by atoms with van der Waals surface area (Å²) in [5.41, 5.74) is 0.0582. The molecule has 1 aliphatic heterocycles. The number of hydrogen-bond acceptors (Lipinski definition) is 8. The van der Waals surface area contributed by atoms with E-state index in [1.165, 1.54) is 23.5 Å². The molecule has 2 heterocycles. The Balaban J connectivity index is 1.50. The van der Waals surface area contributed by atoms with Gasteiger partial charge in [0.15, 0.2) is 0 Å². The number of ketones is 1. The van der Waals surface area contributed by atoms with Crippen molar-refractivity contribution in [2.75, 3.05) is 6.54 Å². The van der Waals surface area contributed by atoms with Crippen LogP contribution in [0, 0.1) is 23.7 Å². The van der Waals surface area contributed by atoms with Crippen molar-refractivity contribution in [3.05, 3.63) is 36.4 Å². The van der Waals surface area contributed by atoms with E-state index >= 15 is 0 Å². The largest absolute Gasteiger partial charge is 0.347 e. The van der Waals surface area contributed by atoms with Crippen LogP contribution >= 0.6 is 0 Å². The molecule has 1 aromatic rings. The number of fused-ring (bicyclic) bond motifs is 1. The van der Waals surface area contributed by atoms with Crippen LogP contribution in [0.4, 0.5) is 0 Å². The summed E-state index contributed by atoms with van der Waals surface area (Å²) in [7, 11) is 0. The zero-order valence-electron chi connectivity index (χ0n) is 26.6. The van der Waals surface area contributed by atoms with E-state index in [1.54, 1.807) is 27.7 Å². The molecule has 45 heavy (non-hydrogen) atoms. The van der Waals surface area contributed by atoms with Gasteiger partial charge in [-0.3, -0.25) is 33.8 Å². The zero-order chi connectivity index (χ0) is 32.8. The Kier molecular flexibility index (Phi) is 11.1. The Bertz CT molecular complexity index is 1310. The van der Waals surface area contributed by atoms with Crippen molar-refractivity contribution in [1.29, 1.82) is 0 Å². The van der Waals surface area contributed by atoms with Gasteiger partial charge in [-0.25, -0.2) is 4.98 Å². The van der Waals surface area contributed by atoms with Gasteiger partial charge in [0.25, 0.3) is 11.8 Å². The minimum Gasteiger partial charge on any atom is -0.347 e. The normalized spacial score (nSPS) is 22.4. The Hall–Kier alpha value is -4.16. The second kappa shape index (κ2) is 14.7. The molecule has 1 saturated carbocycles. The highest BCUT2D eigenvalue weighted by Gasteiger charge is 2.50. The number of nitrogens with one attached hydrogen (secondary N) is 4. The molecule has 2 aliphatic carbocycles. The van der Waals surface area contributed by atoms with Gasteiger partial charge < -0.3 is 26.2 Å². The first-order valence-corrected chi connectivity index (χ1v) is 15.9. The summed E-state index contributed by atoms with van der Waals surface area (Å²) in [6.07, 6.45) is 11.2. The van der Waals surface area contributed by atoms with Crippen molar-refractivity contribution in [3.8, 4) is 0 Å². The van der Waals surface area contributed by atoms with Crippen molar-refractivity contribution in [3.63, 3.8) is 0 Å². The number of hydrogen-bond donors (Lipinski definition) is 4. The molecule has 244 valence electrons. The van der Waals surface area contributed by atoms with Crippen LogP contribution in [-0.2, 0) is 24.0 Å². The van der Waals surface area contributed by atoms with E-state index in [4.69, 9.17) is 0 Å². The number of likely N-dealkylation sites (tertiary alicyclic amines) is 1. The highest BCUT2D eigenvalue weighted by molar-refractivity contribution is 6.38. The van der Waals surface area contributed by atoms with E-state index in [9.17, 15) is 28.8 Å². The van der Waals surface area contributed by atoms with Crippen LogP contribution in [0.5, 0.6) is 0 Å². The minimum absolute atomic E-state index is 0.00602. The number of Topliss-reactive ketones (excluding diaryl/α,β-unsaturated/α-hetero) is 1. The third kappa shape index (κ3) is 8.12. The van der Waals surface area contributed by atoms with Crippen LogP contribution < -0.4 is 21.3 Å². The number of nitrogens with zero attached hydrogens (tertiary/aromatic N) is 3. The standard InChI is InChI=1S/C32H45N7O6/c1-6-8-22(27(40)31(44)35-20-11-12-20)36-30(43)26-21-10-7-9-19(21)16-39(26)32(45)25(18(4)5)38-29(42)24(17(2)3)37-28(41)23-15-33-13-14-34-23/h7,9,13-15,17-22,24-26H,6,8,10-12,16H2,1-5H3,(H,35,44)(H,36,43)(H,37,41)(H,38,42)/t19-,21-,22?,24-,25-,26-/m0/s1. The third-order valence-corrected chi connectivity index (χ3v) is 8.65. The van der Waals surface area contributed by atoms with Crippen LogP contribution in [0.1, 0.15) is 77.2 Å². The molecule has 0 bridgehead atoms. The maximum Gasteiger partial charge on any atom is 0.289 e. The summed E-state index contributed by atoms with van der Waals surface area (Å²) in [5.74, 6) is -4.31. The molecule has 0 radical (unpaired) electrons. The Labute approximate surface area is 263 Å². The fourth-order valence-corrected chi connectivity index (χ4v) is 5.98. The first-order chi connectivity index (χ1) is 21.4. The van der Waals surface area contributed by atoms with Crippen molar-refractivity contribution < 1.29 is 28.8 Å². The lowest BCUT2D eigenvalue weighted by atomic mass is 9.92. The molecule has 0 spiro atoms. The molecule has 5 amide bonds. The molecule has 3 aliphatic rings. The summed E-state index contributed by atoms with van der Waals surface area (Å²) in [6.45, 7) is 9.30. The Morgan fingerprint density at radius 2 is 1.67 bits per heavy atom. The molecule has 0 aromatic carbocycles. The van der Waals surface area contributed by atoms with E-state index < -0.39 is 59.5 Å². The lowest BCUT2D eigenvalue weighted by molar-refractivity contribution is -0.145. The number of amides is 5. The number of rotatable bonds is 14. The Morgan fingerprint density at radius 3 is 2.27 bits per heavy atom. The summed E-state index contributed by atoms with van der Waals surface area (Å²) < 4.78 is 0. The molecule has 4 N–H and O–H groups in total. The zero-order valence-corrected chi connectivity index (χ0v) is 26.6. The van der Waals surface area contributed by atoms with Crippen molar-refractivity contribution in [2.45, 2.75) is 96.9 Å². The minimum atomic E-state index is -1.00. The highest BCUT2D eigenvalue weighted by Crippen LogP contribution is 2.39. The monoisotopic (exact) mass is 623 g/mol. The van der Waals surface area contributed by atoms with E-state index in [-0.39, 0.29) is 48.4 Å². The van der Waals surface area contributed by atoms with Crippen LogP contribution in [-0.4, -0.2) is 86.9 Å². The predicted octanol–water partition coefficient (Wildman–Crippen LogP) is 0.908. The van der Waals surface area contributed by atoms with Crippen LogP contribution in [0.2, 0.25) is 0 Å². The average Bonchev–Trinajstić information content (AvgIpc) is 3.57. The molecular weight excluding hydrogens is 578 g/mol. The average molecular weight is 624 g/mol. The summed E-state index contributed by atoms with van der Waals surface area (Å²) >= 11 is 0. The predicted molar refractivity (Wildman–Crippen MR) is 164 cm³/mol. The van der Waals surface area contributed by atoms with Crippen LogP contribution in [0.25, 0.3) is 0 Å². The van der Waals surface area contributed by atoms with E-state index in [0.29, 0.717) is 12.8 Å². The van der Waals surface area contributed by atoms with E-state index in [0.717, 1.165) is 12.8 Å². The smallest absolute Gasteiger partial charge is 0.289 e. The van der Waals surface area contributed by atoms with Crippen LogP contribution in [0.3, 0.4) is 0 Å². The molecule has 1 aromatic heterocycles. The number of carbonyl (C=O) groups excluding carboxylic acids is 6. The van der Waals surface area contributed by atoms with Gasteiger partial charge >= 0.3 is 0 Å². The second-order valence-electron chi connectivity index (χ2n) is 12.9. The summed E-state index contributed by atoms with van der Waals surface area (Å²) in [4.78, 5) is 89.2. The third-order valence-electron chi connectivity index (χ3n) is 8.65. The van der Waals surface area contributed by atoms with Crippen molar-refractivity contribution in [1.82, 2.24) is 36.1 Å². The van der Waals surface area contributed by atoms with Gasteiger partial charge in [-0.15, -0.1) is 0 Å². The fourth-order valence-electron chi connectivity index (χ4n) is 5.98. The Morgan fingerprint density at radius 1 is 0.956 bits per heavy atom. The van der Waals surface area contributed by atoms with Gasteiger partial charge in [0.1, 0.15) is 23.8 Å². The van der Waals surface area contributed by atoms with Gasteiger partial charge in [-0.2, -0.15) is 0 Å². The molecule has 1 saturated heterocycles. The van der Waals surface area contributed by atoms with Crippen molar-refractivity contribution in [2.24, 2.45) is 23.7 Å². The van der Waals surface area contributed by atoms with E-state index in [2.05, 4.69) is 31.2 Å². The molecule has 6 atom stereocenters. The number of aromatic nitrogens is 2. The lowest BCUT2D eigenvalue weighted by Gasteiger charge is -2.33. The topological polar surface area (TPSA) is 180 Å². The molecule has 13 nitrogen and oxygen atoms in total. The molecule has 13 heteroatoms. The van der Waals surface area contributed by atoms with E-state index in [1.807, 2.05) is 19.1 Å². The SMILES string of the molecule is CCCC(NC(=O)[C@@H]1[C@H]2CC=C[C@H]2CN1C(=O)[C@@H](NC(=O)[C@@H](NC(=O)c1cnccn1)C(C)C)C(C)C)C(=O)C(=O)NC1CC1. The second-order valence-corrected chi connectivity index (χ2v) is 12.9. The number of allylic oxidation sites excluding steroid dienone is 1. The quantitative estimate of drug-likeness (QED) is 0.174. The summed E-state index contributed by atoms with van der Waals surface area (Å²) in [5, 5.41) is 11.0. The fraction of sp³-hybridized carbons (Fsp3) is 0.625. The number of carbonyl (C=O) groups is 6.